The lowest BCUT2D eigenvalue weighted by Crippen LogP contribution is -2.56. The average molecular weight is 1360 g/mol. The van der Waals surface area contributed by atoms with E-state index in [0.717, 1.165) is 34.1 Å². The van der Waals surface area contributed by atoms with Gasteiger partial charge in [0.1, 0.15) is 72.0 Å². The number of rotatable bonds is 18. The van der Waals surface area contributed by atoms with Gasteiger partial charge < -0.3 is 72.1 Å². The minimum Gasteiger partial charge on any atom is -0.387 e. The fourth-order valence-corrected chi connectivity index (χ4v) is 14.3. The molecule has 5 aliphatic rings. The number of nitrogen functional groups attached to an aromatic ring is 1. The van der Waals surface area contributed by atoms with Gasteiger partial charge in [0.05, 0.1) is 50.2 Å². The number of para-hydroxylation sites is 1. The molecule has 5 aliphatic heterocycles. The molecule has 0 radical (unpaired) electrons. The number of aliphatic hydroxyl groups is 2. The Bertz CT molecular complexity index is 3970. The van der Waals surface area contributed by atoms with Gasteiger partial charge in [-0.05, 0) is 54.0 Å². The quantitative estimate of drug-likeness (QED) is 0.0334. The zero-order valence-electron chi connectivity index (χ0n) is 50.4. The second-order valence-corrected chi connectivity index (χ2v) is 28.7. The summed E-state index contributed by atoms with van der Waals surface area (Å²) in [5, 5.41) is 43.1. The van der Waals surface area contributed by atoms with Gasteiger partial charge in [-0.2, -0.15) is 9.97 Å². The smallest absolute Gasteiger partial charge is 0.386 e. The lowest BCUT2D eigenvalue weighted by molar-refractivity contribution is -0.133. The summed E-state index contributed by atoms with van der Waals surface area (Å²) in [6, 6.07) is 13.0. The molecular weight excluding hydrogens is 1290 g/mol. The Morgan fingerprint density at radius 3 is 2.23 bits per heavy atom. The highest BCUT2D eigenvalue weighted by atomic mass is 32.7. The summed E-state index contributed by atoms with van der Waals surface area (Å²) in [6.45, 7) is -5.40. The van der Waals surface area contributed by atoms with Gasteiger partial charge in [0, 0.05) is 38.7 Å². The molecule has 12 atom stereocenters. The van der Waals surface area contributed by atoms with Crippen molar-refractivity contribution in [3.63, 3.8) is 0 Å². The third-order valence-electron chi connectivity index (χ3n) is 16.1. The zero-order valence-corrected chi connectivity index (χ0v) is 54.0. The largest absolute Gasteiger partial charge is 0.387 e. The minimum atomic E-state index is -4.51. The number of hydrogen-bond acceptors (Lipinski definition) is 24. The fourth-order valence-electron chi connectivity index (χ4n) is 11.4. The average Bonchev–Trinajstić information content (AvgIpc) is 1.62. The minimum absolute atomic E-state index is 0.0163. The molecule has 2 aromatic carbocycles. The maximum atomic E-state index is 14.2. The topological polar surface area (TPSA) is 420 Å². The van der Waals surface area contributed by atoms with Crippen LogP contribution in [0, 0.1) is 5.92 Å². The van der Waals surface area contributed by atoms with Crippen LogP contribution in [0.2, 0.25) is 0 Å². The van der Waals surface area contributed by atoms with Crippen LogP contribution in [0.15, 0.2) is 67.4 Å². The second-order valence-electron chi connectivity index (χ2n) is 22.9. The zero-order chi connectivity index (χ0) is 65.9. The molecule has 11 rings (SSSR count). The first-order valence-electron chi connectivity index (χ1n) is 29.9. The van der Waals surface area contributed by atoms with Crippen molar-refractivity contribution in [2.24, 2.45) is 5.92 Å². The molecule has 11 N–H and O–H groups in total. The molecule has 3 fully saturated rings. The van der Waals surface area contributed by atoms with E-state index in [1.54, 1.807) is 29.5 Å². The van der Waals surface area contributed by atoms with E-state index in [1.807, 2.05) is 60.7 Å². The summed E-state index contributed by atoms with van der Waals surface area (Å²) >= 11 is 8.45. The van der Waals surface area contributed by atoms with E-state index in [1.165, 1.54) is 24.1 Å². The number of benzene rings is 2. The molecule has 2 bridgehead atoms. The van der Waals surface area contributed by atoms with Gasteiger partial charge in [0.15, 0.2) is 23.9 Å². The summed E-state index contributed by atoms with van der Waals surface area (Å²) < 4.78 is 66.8. The van der Waals surface area contributed by atoms with Crippen molar-refractivity contribution in [2.45, 2.75) is 114 Å². The highest BCUT2D eigenvalue weighted by Crippen LogP contribution is 2.60. The van der Waals surface area contributed by atoms with Crippen LogP contribution >= 0.6 is 38.1 Å². The molecule has 3 saturated heterocycles. The van der Waals surface area contributed by atoms with Crippen LogP contribution in [0.1, 0.15) is 74.7 Å². The highest BCUT2D eigenvalue weighted by molar-refractivity contribution is 8.44. The molecular formula is C57H70N16O16P2S2. The maximum absolute atomic E-state index is 14.2. The van der Waals surface area contributed by atoms with E-state index in [0.29, 0.717) is 36.7 Å². The van der Waals surface area contributed by atoms with Gasteiger partial charge in [-0.3, -0.25) is 51.4 Å². The third kappa shape index (κ3) is 15.3. The van der Waals surface area contributed by atoms with E-state index in [9.17, 15) is 48.1 Å². The summed E-state index contributed by atoms with van der Waals surface area (Å²) in [5.41, 5.74) is 11.3. The van der Waals surface area contributed by atoms with Crippen molar-refractivity contribution in [1.29, 1.82) is 0 Å². The van der Waals surface area contributed by atoms with Crippen molar-refractivity contribution in [1.82, 2.24) is 60.6 Å². The Hall–Kier alpha value is -7.59. The first-order chi connectivity index (χ1) is 44.5. The summed E-state index contributed by atoms with van der Waals surface area (Å²) in [6.07, 6.45) is -1.87. The summed E-state index contributed by atoms with van der Waals surface area (Å²) in [4.78, 5) is 102. The van der Waals surface area contributed by atoms with Crippen LogP contribution in [-0.4, -0.2) is 174 Å². The van der Waals surface area contributed by atoms with Crippen molar-refractivity contribution >= 4 is 131 Å². The SMILES string of the molecule is CC(C)[C@H](NC(=O)CNC(=O)CNC(=O)CCC(=O)N1Cc2ccccc2/C=C\c2ccccc21)C(=O)N[C@@H](C)C(=O)NCCNc1nc(N)c2ncn([C@@H]3O[C@@H]4COP(=O)(S)O[C@H]5[C@@H](O)[C@H](n6cc7c8c(ncnc86)NCCC7)O[C@@H]5COP(=O)(S)O[C@@H]3[C@@H]4O)c2n1. The number of imidazole rings is 1. The number of thiol groups is 2. The van der Waals surface area contributed by atoms with Gasteiger partial charge in [-0.25, -0.2) is 24.1 Å². The number of carbonyl (C=O) groups is 6. The molecule has 93 heavy (non-hydrogen) atoms. The number of fused-ring (bicyclic) bond motifs is 6. The normalized spacial score (nSPS) is 26.2. The predicted molar refractivity (Wildman–Crippen MR) is 343 cm³/mol. The van der Waals surface area contributed by atoms with Crippen LogP contribution in [-0.2, 0) is 78.4 Å². The molecule has 496 valence electrons. The molecule has 0 spiro atoms. The number of nitrogens with zero attached hydrogens (tertiary/aromatic N) is 8. The number of nitrogens with two attached hydrogens (primary N) is 1. The Morgan fingerprint density at radius 1 is 0.742 bits per heavy atom. The monoisotopic (exact) mass is 1360 g/mol. The van der Waals surface area contributed by atoms with Gasteiger partial charge in [0.2, 0.25) is 41.4 Å². The number of ether oxygens (including phenoxy) is 2. The van der Waals surface area contributed by atoms with Crippen LogP contribution < -0.4 is 47.9 Å². The van der Waals surface area contributed by atoms with Gasteiger partial charge in [0.25, 0.3) is 0 Å². The molecule has 0 aliphatic carbocycles. The summed E-state index contributed by atoms with van der Waals surface area (Å²) in [5.74, 6) is -3.49. The van der Waals surface area contributed by atoms with Crippen molar-refractivity contribution < 1.29 is 75.7 Å². The molecule has 2 unspecified atom stereocenters. The molecule has 6 aromatic rings. The number of carbonyl (C=O) groups excluding carboxylic acids is 6. The number of aliphatic hydroxyl groups excluding tert-OH is 2. The highest BCUT2D eigenvalue weighted by Gasteiger charge is 2.53. The van der Waals surface area contributed by atoms with E-state index in [4.69, 9.17) is 33.3 Å². The van der Waals surface area contributed by atoms with E-state index >= 15 is 0 Å². The van der Waals surface area contributed by atoms with Gasteiger partial charge in [-0.1, -0.05) is 93.0 Å². The molecule has 4 aromatic heterocycles. The van der Waals surface area contributed by atoms with Gasteiger partial charge in [-0.15, -0.1) is 0 Å². The molecule has 0 saturated carbocycles. The third-order valence-corrected chi connectivity index (χ3v) is 19.3. The second kappa shape index (κ2) is 28.6. The van der Waals surface area contributed by atoms with Gasteiger partial charge >= 0.3 is 13.6 Å². The van der Waals surface area contributed by atoms with Crippen molar-refractivity contribution in [3.05, 3.63) is 89.6 Å². The predicted octanol–water partition coefficient (Wildman–Crippen LogP) is 2.52. The molecule has 36 heteroatoms. The van der Waals surface area contributed by atoms with Crippen LogP contribution in [0.5, 0.6) is 0 Å². The van der Waals surface area contributed by atoms with Crippen LogP contribution in [0.3, 0.4) is 0 Å². The fraction of sp³-hybridized carbons (Fsp3) is 0.456. The van der Waals surface area contributed by atoms with E-state index in [2.05, 4.69) is 86.6 Å². The summed E-state index contributed by atoms with van der Waals surface area (Å²) in [7, 11) is 0. The molecule has 6 amide bonds. The van der Waals surface area contributed by atoms with Crippen LogP contribution in [0.4, 0.5) is 23.3 Å². The number of aromatic nitrogens is 7. The number of hydrogen-bond donors (Lipinski definition) is 12. The van der Waals surface area contributed by atoms with Crippen LogP contribution in [0.25, 0.3) is 34.3 Å². The van der Waals surface area contributed by atoms with E-state index in [-0.39, 0.29) is 54.8 Å². The molecule has 9 heterocycles. The number of aryl methyl sites for hydroxylation is 1. The Labute approximate surface area is 542 Å². The standard InChI is InChI=1S/C57H70N16O16P2S2/c1-29(2)43(68-40(76)22-63-39(75)21-62-38(74)16-17-41(77)71-23-33-11-5-4-9-31(33)14-15-32-10-6-7-13-35(32)71)54(81)67-30(3)53(80)60-19-20-61-57-69-49(58)44-52(70-57)73(28-66-44)56-48-45(78)36(86-56)25-84-90(82,92)88-47-37(26-85-91(83,93)89-48)87-55(46(47)79)72-24-34-12-8-18-59-50-42(34)51(72)65-27-64-50/h4-7,9-11,13-15,24,27-30,36-37,43,45-48,55-56,78-79H,8,12,16-23,25-26H2,1-3H3,(H,60,80)(H,62,74)(H,63,75)(H,67,81)(H,68,76)(H,82,92)(H,83,93)(H,59,64,65)(H3,58,61,69,70)/b15-14-/t30-,36+,37+,43-,45+,46+,47+,48+,55+,56+,90?,91?/m0/s1. The Balaban J connectivity index is 0.641. The van der Waals surface area contributed by atoms with Crippen molar-refractivity contribution in [2.75, 3.05) is 67.2 Å². The number of amides is 6. The number of anilines is 4. The maximum Gasteiger partial charge on any atom is 0.386 e. The lowest BCUT2D eigenvalue weighted by Gasteiger charge is -2.27. The Morgan fingerprint density at radius 2 is 1.44 bits per heavy atom. The lowest BCUT2D eigenvalue weighted by atomic mass is 10.0. The Kier molecular flexibility index (Phi) is 20.5. The first-order valence-corrected chi connectivity index (χ1v) is 35.3. The first kappa shape index (κ1) is 66.9. The van der Waals surface area contributed by atoms with Crippen molar-refractivity contribution in [3.8, 4) is 0 Å². The van der Waals surface area contributed by atoms with E-state index < -0.39 is 137 Å². The number of nitrogens with one attached hydrogen (secondary N) is 7. The molecule has 32 nitrogen and oxygen atoms in total.